The number of aliphatic hydroxyl groups is 3. The maximum Gasteiger partial charge on any atom is 0.135 e. The third-order valence-electron chi connectivity index (χ3n) is 6.51. The molecule has 0 aromatic carbocycles. The third-order valence-corrected chi connectivity index (χ3v) is 6.51. The fourth-order valence-corrected chi connectivity index (χ4v) is 4.70. The Labute approximate surface area is 180 Å². The highest BCUT2D eigenvalue weighted by atomic mass is 16.6. The van der Waals surface area contributed by atoms with Gasteiger partial charge >= 0.3 is 0 Å². The van der Waals surface area contributed by atoms with Crippen LogP contribution in [0.15, 0.2) is 12.2 Å². The Morgan fingerprint density at radius 3 is 2.67 bits per heavy atom. The number of hydrogen-bond acceptors (Lipinski definition) is 7. The van der Waals surface area contributed by atoms with Gasteiger partial charge in [0.1, 0.15) is 5.78 Å². The highest BCUT2D eigenvalue weighted by Crippen LogP contribution is 2.39. The molecule has 6 unspecified atom stereocenters. The molecule has 30 heavy (non-hydrogen) atoms. The Hall–Kier alpha value is -0.830. The van der Waals surface area contributed by atoms with Gasteiger partial charge in [0.25, 0.3) is 0 Å². The molecular formula is C23H40O7. The number of ketones is 1. The Bertz CT molecular complexity index is 552. The van der Waals surface area contributed by atoms with Crippen LogP contribution in [0.25, 0.3) is 0 Å². The number of carbonyl (C=O) groups excluding carboxylic acids is 1. The van der Waals surface area contributed by atoms with Crippen LogP contribution in [-0.2, 0) is 19.0 Å². The van der Waals surface area contributed by atoms with Crippen molar-refractivity contribution in [2.24, 2.45) is 11.8 Å². The number of hydrogen-bond donors (Lipinski definition) is 3. The molecule has 7 heteroatoms. The van der Waals surface area contributed by atoms with E-state index in [1.165, 1.54) is 0 Å². The first-order chi connectivity index (χ1) is 14.3. The van der Waals surface area contributed by atoms with Crippen molar-refractivity contribution >= 4 is 5.78 Å². The lowest BCUT2D eigenvalue weighted by molar-refractivity contribution is -0.123. The second kappa shape index (κ2) is 12.3. The minimum Gasteiger partial charge on any atom is -0.394 e. The Balaban J connectivity index is 2.13. The number of rotatable bonds is 12. The van der Waals surface area contributed by atoms with E-state index in [0.29, 0.717) is 25.4 Å². The number of carbonyl (C=O) groups is 1. The predicted octanol–water partition coefficient (Wildman–Crippen LogP) is 2.01. The quantitative estimate of drug-likeness (QED) is 0.408. The molecule has 0 bridgehead atoms. The number of aliphatic hydroxyl groups excluding tert-OH is 3. The molecule has 174 valence electrons. The molecule has 2 aliphatic rings. The molecule has 0 aliphatic carbocycles. The zero-order valence-electron chi connectivity index (χ0n) is 18.7. The lowest BCUT2D eigenvalue weighted by atomic mass is 9.83. The van der Waals surface area contributed by atoms with Crippen molar-refractivity contribution in [3.05, 3.63) is 12.2 Å². The van der Waals surface area contributed by atoms with Gasteiger partial charge in [0.15, 0.2) is 0 Å². The molecule has 0 saturated carbocycles. The first kappa shape index (κ1) is 25.4. The van der Waals surface area contributed by atoms with E-state index < -0.39 is 18.3 Å². The van der Waals surface area contributed by atoms with E-state index in [4.69, 9.17) is 14.2 Å². The van der Waals surface area contributed by atoms with Gasteiger partial charge in [-0.3, -0.25) is 4.79 Å². The van der Waals surface area contributed by atoms with Crippen molar-refractivity contribution in [2.75, 3.05) is 20.3 Å². The molecule has 0 aromatic heterocycles. The maximum atomic E-state index is 12.7. The van der Waals surface area contributed by atoms with Crippen LogP contribution in [0.3, 0.4) is 0 Å². The van der Waals surface area contributed by atoms with Crippen molar-refractivity contribution < 1.29 is 34.3 Å². The number of methoxy groups -OCH3 is 1. The summed E-state index contributed by atoms with van der Waals surface area (Å²) in [6, 6.07) is 0. The minimum absolute atomic E-state index is 0.0169. The zero-order valence-corrected chi connectivity index (χ0v) is 18.7. The van der Waals surface area contributed by atoms with Crippen molar-refractivity contribution in [1.82, 2.24) is 0 Å². The van der Waals surface area contributed by atoms with E-state index in [1.807, 2.05) is 6.92 Å². The van der Waals surface area contributed by atoms with Crippen LogP contribution in [-0.4, -0.2) is 78.1 Å². The smallest absolute Gasteiger partial charge is 0.135 e. The summed E-state index contributed by atoms with van der Waals surface area (Å²) in [5, 5.41) is 29.2. The van der Waals surface area contributed by atoms with Crippen LogP contribution in [0.2, 0.25) is 0 Å². The summed E-state index contributed by atoms with van der Waals surface area (Å²) in [6.07, 6.45) is 0.790. The Morgan fingerprint density at radius 2 is 2.03 bits per heavy atom. The lowest BCUT2D eigenvalue weighted by Gasteiger charge is -2.33. The van der Waals surface area contributed by atoms with E-state index in [2.05, 4.69) is 13.5 Å². The molecule has 0 aromatic rings. The van der Waals surface area contributed by atoms with Crippen molar-refractivity contribution in [3.8, 4) is 0 Å². The standard InChI is InChI=1S/C23H40O7/c1-5-6-16(25)9-17(26)10-19-21(12-20-15(3)14(2)7-8-29-20)30-22(23(19)28-4)11-18(27)13-24/h14,16,18-25,27H,3,5-13H2,1-2,4H3/t14-,16?,18?,19?,20?,21?,22?,23-/m1/s1. The SMILES string of the molecule is C=C1C(CC2OC(CC(O)CO)[C@H](OC)C2CC(=O)CC(O)CCC)OCC[C@H]1C. The predicted molar refractivity (Wildman–Crippen MR) is 113 cm³/mol. The zero-order chi connectivity index (χ0) is 22.3. The fraction of sp³-hybridized carbons (Fsp3) is 0.870. The average Bonchev–Trinajstić information content (AvgIpc) is 3.00. The summed E-state index contributed by atoms with van der Waals surface area (Å²) in [5.41, 5.74) is 1.04. The van der Waals surface area contributed by atoms with E-state index in [9.17, 15) is 20.1 Å². The molecule has 2 heterocycles. The molecule has 0 spiro atoms. The summed E-state index contributed by atoms with van der Waals surface area (Å²) >= 11 is 0. The van der Waals surface area contributed by atoms with Gasteiger partial charge in [-0.1, -0.05) is 26.8 Å². The van der Waals surface area contributed by atoms with Gasteiger partial charge in [0, 0.05) is 45.3 Å². The first-order valence-electron chi connectivity index (χ1n) is 11.3. The van der Waals surface area contributed by atoms with Crippen LogP contribution in [0.1, 0.15) is 58.8 Å². The van der Waals surface area contributed by atoms with Crippen molar-refractivity contribution in [1.29, 1.82) is 0 Å². The van der Waals surface area contributed by atoms with Crippen LogP contribution < -0.4 is 0 Å². The number of Topliss-reactive ketones (excluding diaryl/α,β-unsaturated/α-hetero) is 1. The Morgan fingerprint density at radius 1 is 1.30 bits per heavy atom. The molecule has 8 atom stereocenters. The van der Waals surface area contributed by atoms with Crippen LogP contribution in [0.4, 0.5) is 0 Å². The van der Waals surface area contributed by atoms with E-state index >= 15 is 0 Å². The molecule has 3 N–H and O–H groups in total. The monoisotopic (exact) mass is 428 g/mol. The van der Waals surface area contributed by atoms with E-state index in [-0.39, 0.29) is 55.9 Å². The summed E-state index contributed by atoms with van der Waals surface area (Å²) in [4.78, 5) is 12.7. The molecule has 7 nitrogen and oxygen atoms in total. The largest absolute Gasteiger partial charge is 0.394 e. The van der Waals surface area contributed by atoms with Crippen LogP contribution in [0, 0.1) is 11.8 Å². The maximum absolute atomic E-state index is 12.7. The van der Waals surface area contributed by atoms with Gasteiger partial charge in [-0.05, 0) is 24.3 Å². The first-order valence-corrected chi connectivity index (χ1v) is 11.3. The highest BCUT2D eigenvalue weighted by molar-refractivity contribution is 5.79. The number of ether oxygens (including phenoxy) is 3. The fourth-order valence-electron chi connectivity index (χ4n) is 4.70. The molecule has 2 saturated heterocycles. The minimum atomic E-state index is -0.907. The second-order valence-corrected chi connectivity index (χ2v) is 8.90. The summed E-state index contributed by atoms with van der Waals surface area (Å²) in [5.74, 6) is 0.150. The van der Waals surface area contributed by atoms with Crippen LogP contribution >= 0.6 is 0 Å². The molecule has 2 rings (SSSR count). The molecule has 2 fully saturated rings. The molecular weight excluding hydrogens is 388 g/mol. The Kier molecular flexibility index (Phi) is 10.4. The molecule has 0 amide bonds. The third kappa shape index (κ3) is 6.84. The topological polar surface area (TPSA) is 105 Å². The second-order valence-electron chi connectivity index (χ2n) is 8.90. The summed E-state index contributed by atoms with van der Waals surface area (Å²) in [7, 11) is 1.58. The van der Waals surface area contributed by atoms with E-state index in [1.54, 1.807) is 7.11 Å². The van der Waals surface area contributed by atoms with Gasteiger partial charge in [0.2, 0.25) is 0 Å². The van der Waals surface area contributed by atoms with Gasteiger partial charge in [-0.2, -0.15) is 0 Å². The average molecular weight is 429 g/mol. The van der Waals surface area contributed by atoms with Crippen LogP contribution in [0.5, 0.6) is 0 Å². The highest BCUT2D eigenvalue weighted by Gasteiger charge is 2.47. The molecule has 0 radical (unpaired) electrons. The van der Waals surface area contributed by atoms with Gasteiger partial charge in [-0.15, -0.1) is 0 Å². The van der Waals surface area contributed by atoms with Crippen molar-refractivity contribution in [3.63, 3.8) is 0 Å². The summed E-state index contributed by atoms with van der Waals surface area (Å²) < 4.78 is 17.9. The van der Waals surface area contributed by atoms with Crippen molar-refractivity contribution in [2.45, 2.75) is 95.4 Å². The molecule has 2 aliphatic heterocycles. The van der Waals surface area contributed by atoms with E-state index in [0.717, 1.165) is 18.4 Å². The van der Waals surface area contributed by atoms with Gasteiger partial charge in [0.05, 0.1) is 43.2 Å². The lowest BCUT2D eigenvalue weighted by Crippen LogP contribution is -2.36. The summed E-state index contributed by atoms with van der Waals surface area (Å²) in [6.45, 7) is 8.64. The van der Waals surface area contributed by atoms with Gasteiger partial charge in [-0.25, -0.2) is 0 Å². The normalized spacial score (nSPS) is 34.1. The van der Waals surface area contributed by atoms with Gasteiger partial charge < -0.3 is 29.5 Å².